The van der Waals surface area contributed by atoms with Crippen molar-refractivity contribution < 1.29 is 14.3 Å². The highest BCUT2D eigenvalue weighted by Gasteiger charge is 2.32. The number of piperidine rings is 1. The molecule has 0 bridgehead atoms. The Kier molecular flexibility index (Phi) is 4.20. The summed E-state index contributed by atoms with van der Waals surface area (Å²) in [5, 5.41) is 9.52. The van der Waals surface area contributed by atoms with Crippen molar-refractivity contribution in [1.29, 1.82) is 0 Å². The largest absolute Gasteiger partial charge is 0.480 e. The van der Waals surface area contributed by atoms with Crippen LogP contribution in [0.15, 0.2) is 18.2 Å². The molecule has 4 heteroatoms. The van der Waals surface area contributed by atoms with Gasteiger partial charge < -0.3 is 5.11 Å². The summed E-state index contributed by atoms with van der Waals surface area (Å²) in [5.74, 6) is -1.15. The Bertz CT molecular complexity index is 475. The van der Waals surface area contributed by atoms with Crippen molar-refractivity contribution in [2.24, 2.45) is 0 Å². The summed E-state index contributed by atoms with van der Waals surface area (Å²) in [6.45, 7) is 4.51. The molecule has 19 heavy (non-hydrogen) atoms. The maximum absolute atomic E-state index is 13.3. The summed E-state index contributed by atoms with van der Waals surface area (Å²) >= 11 is 0. The topological polar surface area (TPSA) is 40.5 Å². The molecule has 2 rings (SSSR count). The first-order valence-corrected chi connectivity index (χ1v) is 6.75. The van der Waals surface area contributed by atoms with Gasteiger partial charge in [-0.25, -0.2) is 4.39 Å². The molecule has 1 N–H and O–H groups in total. The molecule has 0 spiro atoms. The predicted molar refractivity (Wildman–Crippen MR) is 71.5 cm³/mol. The minimum absolute atomic E-state index is 0.250. The van der Waals surface area contributed by atoms with E-state index in [4.69, 9.17) is 0 Å². The number of nitrogens with zero attached hydrogens (tertiary/aromatic N) is 1. The minimum Gasteiger partial charge on any atom is -0.480 e. The molecule has 1 aromatic rings. The maximum Gasteiger partial charge on any atom is 0.325 e. The third-order valence-electron chi connectivity index (χ3n) is 3.92. The van der Waals surface area contributed by atoms with Crippen molar-refractivity contribution in [2.75, 3.05) is 6.54 Å². The van der Waals surface area contributed by atoms with E-state index in [0.29, 0.717) is 11.1 Å². The van der Waals surface area contributed by atoms with Gasteiger partial charge in [-0.2, -0.15) is 0 Å². The van der Waals surface area contributed by atoms with Crippen LogP contribution in [0.4, 0.5) is 4.39 Å². The first-order chi connectivity index (χ1) is 9.00. The quantitative estimate of drug-likeness (QED) is 0.912. The van der Waals surface area contributed by atoms with Crippen LogP contribution in [-0.2, 0) is 4.79 Å². The summed E-state index contributed by atoms with van der Waals surface area (Å²) in [6.07, 6.45) is 3.19. The second kappa shape index (κ2) is 5.70. The van der Waals surface area contributed by atoms with Gasteiger partial charge in [0.25, 0.3) is 0 Å². The van der Waals surface area contributed by atoms with E-state index < -0.39 is 12.0 Å². The highest BCUT2D eigenvalue weighted by Crippen LogP contribution is 2.29. The van der Waals surface area contributed by atoms with Crippen LogP contribution in [0.5, 0.6) is 0 Å². The summed E-state index contributed by atoms with van der Waals surface area (Å²) in [5.41, 5.74) is 1.16. The summed E-state index contributed by atoms with van der Waals surface area (Å²) < 4.78 is 13.3. The molecule has 3 nitrogen and oxygen atoms in total. The number of halogens is 1. The Morgan fingerprint density at radius 2 is 2.21 bits per heavy atom. The Morgan fingerprint density at radius 1 is 1.47 bits per heavy atom. The van der Waals surface area contributed by atoms with Gasteiger partial charge >= 0.3 is 5.97 Å². The summed E-state index contributed by atoms with van der Waals surface area (Å²) in [6, 6.07) is 4.17. The van der Waals surface area contributed by atoms with Gasteiger partial charge in [0.2, 0.25) is 0 Å². The van der Waals surface area contributed by atoms with Crippen LogP contribution in [0.1, 0.15) is 43.4 Å². The van der Waals surface area contributed by atoms with Crippen LogP contribution in [0.25, 0.3) is 0 Å². The smallest absolute Gasteiger partial charge is 0.325 e. The average molecular weight is 265 g/mol. The Balaban J connectivity index is 2.33. The number of carboxylic acids is 1. The van der Waals surface area contributed by atoms with Gasteiger partial charge in [-0.15, -0.1) is 0 Å². The molecule has 1 heterocycles. The lowest BCUT2D eigenvalue weighted by Crippen LogP contribution is -2.43. The van der Waals surface area contributed by atoms with E-state index in [2.05, 4.69) is 6.92 Å². The number of aliphatic carboxylic acids is 1. The van der Waals surface area contributed by atoms with E-state index in [1.54, 1.807) is 19.1 Å². The van der Waals surface area contributed by atoms with E-state index in [0.717, 1.165) is 25.8 Å². The van der Waals surface area contributed by atoms with E-state index in [1.165, 1.54) is 6.07 Å². The van der Waals surface area contributed by atoms with E-state index in [-0.39, 0.29) is 11.9 Å². The van der Waals surface area contributed by atoms with Gasteiger partial charge in [0.05, 0.1) is 0 Å². The third-order valence-corrected chi connectivity index (χ3v) is 3.92. The van der Waals surface area contributed by atoms with Crippen molar-refractivity contribution in [3.05, 3.63) is 35.1 Å². The number of benzene rings is 1. The van der Waals surface area contributed by atoms with Crippen LogP contribution in [-0.4, -0.2) is 28.6 Å². The molecule has 1 aliphatic rings. The second-order valence-corrected chi connectivity index (χ2v) is 5.33. The third kappa shape index (κ3) is 2.95. The number of aryl methyl sites for hydroxylation is 1. The number of carbonyl (C=O) groups is 1. The van der Waals surface area contributed by atoms with Gasteiger partial charge in [0.15, 0.2) is 0 Å². The molecule has 1 fully saturated rings. The fourth-order valence-electron chi connectivity index (χ4n) is 2.82. The molecule has 0 radical (unpaired) electrons. The fourth-order valence-corrected chi connectivity index (χ4v) is 2.82. The van der Waals surface area contributed by atoms with Gasteiger partial charge in [-0.05, 0) is 50.4 Å². The Hall–Kier alpha value is -1.42. The van der Waals surface area contributed by atoms with Crippen LogP contribution in [0.2, 0.25) is 0 Å². The van der Waals surface area contributed by atoms with Gasteiger partial charge in [-0.3, -0.25) is 9.69 Å². The lowest BCUT2D eigenvalue weighted by molar-refractivity contribution is -0.145. The number of hydrogen-bond acceptors (Lipinski definition) is 2. The highest BCUT2D eigenvalue weighted by molar-refractivity contribution is 5.75. The van der Waals surface area contributed by atoms with E-state index >= 15 is 0 Å². The van der Waals surface area contributed by atoms with Crippen molar-refractivity contribution >= 4 is 5.97 Å². The van der Waals surface area contributed by atoms with Crippen LogP contribution in [0.3, 0.4) is 0 Å². The molecule has 1 aromatic carbocycles. The molecule has 0 saturated carbocycles. The van der Waals surface area contributed by atoms with E-state index in [1.807, 2.05) is 4.90 Å². The molecule has 1 saturated heterocycles. The van der Waals surface area contributed by atoms with Gasteiger partial charge in [-0.1, -0.05) is 18.6 Å². The maximum atomic E-state index is 13.3. The highest BCUT2D eigenvalue weighted by atomic mass is 19.1. The first kappa shape index (κ1) is 14.0. The molecule has 2 atom stereocenters. The first-order valence-electron chi connectivity index (χ1n) is 6.75. The van der Waals surface area contributed by atoms with Crippen molar-refractivity contribution in [3.63, 3.8) is 0 Å². The number of hydrogen-bond donors (Lipinski definition) is 1. The van der Waals surface area contributed by atoms with Crippen molar-refractivity contribution in [3.8, 4) is 0 Å². The molecule has 104 valence electrons. The van der Waals surface area contributed by atoms with Gasteiger partial charge in [0, 0.05) is 6.04 Å². The lowest BCUT2D eigenvalue weighted by Gasteiger charge is -2.37. The van der Waals surface area contributed by atoms with Crippen molar-refractivity contribution in [2.45, 2.75) is 45.2 Å². The fraction of sp³-hybridized carbons (Fsp3) is 0.533. The molecule has 0 aliphatic carbocycles. The zero-order valence-corrected chi connectivity index (χ0v) is 11.4. The van der Waals surface area contributed by atoms with Crippen LogP contribution in [0, 0.1) is 12.7 Å². The van der Waals surface area contributed by atoms with Crippen LogP contribution < -0.4 is 0 Å². The molecule has 0 aromatic heterocycles. The number of rotatable bonds is 3. The standard InChI is InChI=1S/C15H20FNO2/c1-10-9-12(6-7-13(10)16)14(15(18)19)17-8-4-3-5-11(17)2/h6-7,9,11,14H,3-5,8H2,1-2H3,(H,18,19). The SMILES string of the molecule is Cc1cc(C(C(=O)O)N2CCCCC2C)ccc1F. The number of carboxylic acid groups (broad SMARTS) is 1. The minimum atomic E-state index is -0.861. The molecule has 1 aliphatic heterocycles. The zero-order chi connectivity index (χ0) is 14.0. The molecular weight excluding hydrogens is 245 g/mol. The molecular formula is C15H20FNO2. The van der Waals surface area contributed by atoms with Crippen molar-refractivity contribution in [1.82, 2.24) is 4.90 Å². The summed E-state index contributed by atoms with van der Waals surface area (Å²) in [4.78, 5) is 13.6. The predicted octanol–water partition coefficient (Wildman–Crippen LogP) is 3.13. The summed E-state index contributed by atoms with van der Waals surface area (Å²) in [7, 11) is 0. The second-order valence-electron chi connectivity index (χ2n) is 5.33. The average Bonchev–Trinajstić information content (AvgIpc) is 2.36. The Morgan fingerprint density at radius 3 is 2.79 bits per heavy atom. The molecule has 2 unspecified atom stereocenters. The van der Waals surface area contributed by atoms with E-state index in [9.17, 15) is 14.3 Å². The normalized spacial score (nSPS) is 22.2. The zero-order valence-electron chi connectivity index (χ0n) is 11.4. The van der Waals surface area contributed by atoms with Gasteiger partial charge in [0.1, 0.15) is 11.9 Å². The Labute approximate surface area is 113 Å². The lowest BCUT2D eigenvalue weighted by atomic mass is 9.96. The number of likely N-dealkylation sites (tertiary alicyclic amines) is 1. The monoisotopic (exact) mass is 265 g/mol. The van der Waals surface area contributed by atoms with Crippen LogP contribution >= 0.6 is 0 Å². The molecule has 0 amide bonds.